The van der Waals surface area contributed by atoms with Gasteiger partial charge in [0, 0.05) is 17.4 Å². The molecule has 1 N–H and O–H groups in total. The number of anilines is 1. The number of hydrogen-bond donors (Lipinski definition) is 1. The topological polar surface area (TPSA) is 54.9 Å². The van der Waals surface area contributed by atoms with Crippen LogP contribution in [0.25, 0.3) is 0 Å². The Morgan fingerprint density at radius 1 is 1.30 bits per heavy atom. The number of carbonyl (C=O) groups excluding carboxylic acids is 1. The zero-order valence-electron chi connectivity index (χ0n) is 13.5. The van der Waals surface area contributed by atoms with E-state index in [0.717, 1.165) is 22.9 Å². The summed E-state index contributed by atoms with van der Waals surface area (Å²) in [4.78, 5) is 12.3. The average molecular weight is 350 g/mol. The Morgan fingerprint density at radius 3 is 2.65 bits per heavy atom. The maximum absolute atomic E-state index is 12.3. The van der Waals surface area contributed by atoms with Gasteiger partial charge in [-0.25, -0.2) is 0 Å². The summed E-state index contributed by atoms with van der Waals surface area (Å²) < 4.78 is 0. The molecule has 2 aromatic rings. The van der Waals surface area contributed by atoms with E-state index in [-0.39, 0.29) is 23.2 Å². The Morgan fingerprint density at radius 2 is 2.00 bits per heavy atom. The van der Waals surface area contributed by atoms with Crippen LogP contribution in [0.5, 0.6) is 0 Å². The second kappa shape index (κ2) is 6.21. The zero-order chi connectivity index (χ0) is 16.6. The lowest BCUT2D eigenvalue weighted by atomic mass is 9.93. The van der Waals surface area contributed by atoms with Crippen LogP contribution >= 0.6 is 22.9 Å². The molecule has 1 saturated carbocycles. The fraction of sp³-hybridized carbons (Fsp3) is 0.471. The Kier molecular flexibility index (Phi) is 4.43. The Bertz CT molecular complexity index is 705. The van der Waals surface area contributed by atoms with Crippen molar-refractivity contribution in [2.45, 2.75) is 39.5 Å². The average Bonchev–Trinajstić information content (AvgIpc) is 3.14. The van der Waals surface area contributed by atoms with E-state index in [1.807, 2.05) is 24.3 Å². The van der Waals surface area contributed by atoms with E-state index < -0.39 is 0 Å². The molecule has 0 aliphatic heterocycles. The molecule has 1 fully saturated rings. The smallest absolute Gasteiger partial charge is 0.229 e. The second-order valence-electron chi connectivity index (χ2n) is 7.23. The fourth-order valence-electron chi connectivity index (χ4n) is 2.59. The number of rotatable bonds is 4. The highest BCUT2D eigenvalue weighted by molar-refractivity contribution is 7.15. The summed E-state index contributed by atoms with van der Waals surface area (Å²) in [7, 11) is 0. The number of hydrogen-bond acceptors (Lipinski definition) is 4. The van der Waals surface area contributed by atoms with Gasteiger partial charge in [-0.15, -0.1) is 10.2 Å². The molecule has 6 heteroatoms. The lowest BCUT2D eigenvalue weighted by Crippen LogP contribution is -2.14. The van der Waals surface area contributed by atoms with Crippen molar-refractivity contribution >= 4 is 34.0 Å². The molecule has 0 unspecified atom stereocenters. The highest BCUT2D eigenvalue weighted by atomic mass is 35.5. The molecular weight excluding hydrogens is 330 g/mol. The third-order valence-electron chi connectivity index (χ3n) is 3.80. The summed E-state index contributed by atoms with van der Waals surface area (Å²) in [6.45, 7) is 6.48. The largest absolute Gasteiger partial charge is 0.300 e. The molecule has 2 atom stereocenters. The van der Waals surface area contributed by atoms with Crippen molar-refractivity contribution in [3.8, 4) is 0 Å². The summed E-state index contributed by atoms with van der Waals surface area (Å²) in [5.41, 5.74) is 1.33. The summed E-state index contributed by atoms with van der Waals surface area (Å²) in [5, 5.41) is 13.4. The van der Waals surface area contributed by atoms with E-state index in [2.05, 4.69) is 36.3 Å². The highest BCUT2D eigenvalue weighted by Crippen LogP contribution is 2.48. The number of benzene rings is 1. The predicted molar refractivity (Wildman–Crippen MR) is 94.0 cm³/mol. The van der Waals surface area contributed by atoms with Crippen LogP contribution in [0.15, 0.2) is 24.3 Å². The van der Waals surface area contributed by atoms with E-state index in [1.54, 1.807) is 0 Å². The van der Waals surface area contributed by atoms with Crippen molar-refractivity contribution in [3.05, 3.63) is 39.9 Å². The van der Waals surface area contributed by atoms with Crippen LogP contribution in [-0.4, -0.2) is 16.1 Å². The van der Waals surface area contributed by atoms with Crippen molar-refractivity contribution in [3.63, 3.8) is 0 Å². The number of halogens is 1. The van der Waals surface area contributed by atoms with Crippen LogP contribution in [0.1, 0.15) is 43.7 Å². The lowest BCUT2D eigenvalue weighted by molar-refractivity contribution is -0.117. The number of nitrogens with one attached hydrogen (secondary N) is 1. The molecule has 0 radical (unpaired) electrons. The third-order valence-corrected chi connectivity index (χ3v) is 4.89. The molecule has 122 valence electrons. The molecule has 0 bridgehead atoms. The first-order valence-electron chi connectivity index (χ1n) is 7.70. The lowest BCUT2D eigenvalue weighted by Gasteiger charge is -2.14. The molecule has 4 nitrogen and oxygen atoms in total. The molecule has 1 aliphatic rings. The maximum Gasteiger partial charge on any atom is 0.229 e. The molecular formula is C17H20ClN3OS. The molecule has 1 heterocycles. The van der Waals surface area contributed by atoms with Crippen LogP contribution in [0, 0.1) is 11.3 Å². The Hall–Kier alpha value is -1.46. The van der Waals surface area contributed by atoms with E-state index in [4.69, 9.17) is 11.6 Å². The summed E-state index contributed by atoms with van der Waals surface area (Å²) in [6, 6.07) is 7.72. The quantitative estimate of drug-likeness (QED) is 0.882. The fourth-order valence-corrected chi connectivity index (χ4v) is 3.76. The summed E-state index contributed by atoms with van der Waals surface area (Å²) >= 11 is 7.36. The normalized spacial score (nSPS) is 20.3. The standard InChI is InChI=1S/C17H20ClN3OS/c1-17(2,3)9-14-20-21-16(23-14)19-15(22)13-8-12(13)10-4-6-11(18)7-5-10/h4-7,12-13H,8-9H2,1-3H3,(H,19,21,22)/t12-,13-/m1/s1. The van der Waals surface area contributed by atoms with Gasteiger partial charge in [-0.3, -0.25) is 4.79 Å². The first-order valence-corrected chi connectivity index (χ1v) is 8.90. The molecule has 0 spiro atoms. The molecule has 1 aliphatic carbocycles. The zero-order valence-corrected chi connectivity index (χ0v) is 15.0. The van der Waals surface area contributed by atoms with Crippen molar-refractivity contribution in [1.29, 1.82) is 0 Å². The predicted octanol–water partition coefficient (Wildman–Crippen LogP) is 4.52. The van der Waals surface area contributed by atoms with Crippen LogP contribution in [0.4, 0.5) is 5.13 Å². The van der Waals surface area contributed by atoms with Gasteiger partial charge in [0.1, 0.15) is 5.01 Å². The van der Waals surface area contributed by atoms with Crippen molar-refractivity contribution in [2.75, 3.05) is 5.32 Å². The van der Waals surface area contributed by atoms with Gasteiger partial charge in [-0.2, -0.15) is 0 Å². The molecule has 3 rings (SSSR count). The Labute approximate surface area is 145 Å². The maximum atomic E-state index is 12.3. The van der Waals surface area contributed by atoms with Crippen molar-refractivity contribution < 1.29 is 4.79 Å². The molecule has 23 heavy (non-hydrogen) atoms. The van der Waals surface area contributed by atoms with Crippen LogP contribution in [0.3, 0.4) is 0 Å². The van der Waals surface area contributed by atoms with E-state index in [1.165, 1.54) is 16.9 Å². The minimum atomic E-state index is 0.0196. The first-order chi connectivity index (χ1) is 10.8. The number of amides is 1. The van der Waals surface area contributed by atoms with Gasteiger partial charge in [-0.1, -0.05) is 55.8 Å². The minimum Gasteiger partial charge on any atom is -0.300 e. The van der Waals surface area contributed by atoms with E-state index in [9.17, 15) is 4.79 Å². The number of carbonyl (C=O) groups is 1. The number of aromatic nitrogens is 2. The van der Waals surface area contributed by atoms with Crippen LogP contribution in [0.2, 0.25) is 5.02 Å². The van der Waals surface area contributed by atoms with Gasteiger partial charge >= 0.3 is 0 Å². The van der Waals surface area contributed by atoms with Gasteiger partial charge in [0.2, 0.25) is 11.0 Å². The first kappa shape index (κ1) is 16.4. The second-order valence-corrected chi connectivity index (χ2v) is 8.73. The minimum absolute atomic E-state index is 0.0196. The third kappa shape index (κ3) is 4.30. The van der Waals surface area contributed by atoms with Gasteiger partial charge in [0.15, 0.2) is 0 Å². The van der Waals surface area contributed by atoms with Gasteiger partial charge in [0.05, 0.1) is 0 Å². The summed E-state index contributed by atoms with van der Waals surface area (Å²) in [5.74, 6) is 0.337. The molecule has 1 amide bonds. The molecule has 0 saturated heterocycles. The van der Waals surface area contributed by atoms with Crippen LogP contribution in [-0.2, 0) is 11.2 Å². The molecule has 1 aromatic heterocycles. The van der Waals surface area contributed by atoms with Gasteiger partial charge < -0.3 is 5.32 Å². The number of nitrogens with zero attached hydrogens (tertiary/aromatic N) is 2. The van der Waals surface area contributed by atoms with E-state index >= 15 is 0 Å². The van der Waals surface area contributed by atoms with Crippen molar-refractivity contribution in [1.82, 2.24) is 10.2 Å². The highest BCUT2D eigenvalue weighted by Gasteiger charge is 2.44. The Balaban J connectivity index is 1.57. The van der Waals surface area contributed by atoms with Gasteiger partial charge in [-0.05, 0) is 35.4 Å². The molecule has 1 aromatic carbocycles. The van der Waals surface area contributed by atoms with Crippen molar-refractivity contribution in [2.24, 2.45) is 11.3 Å². The van der Waals surface area contributed by atoms with Gasteiger partial charge in [0.25, 0.3) is 0 Å². The SMILES string of the molecule is CC(C)(C)Cc1nnc(NC(=O)[C@@H]2C[C@@H]2c2ccc(Cl)cc2)s1. The summed E-state index contributed by atoms with van der Waals surface area (Å²) in [6.07, 6.45) is 1.73. The van der Waals surface area contributed by atoms with Crippen LogP contribution < -0.4 is 5.32 Å². The van der Waals surface area contributed by atoms with E-state index in [0.29, 0.717) is 5.13 Å². The monoisotopic (exact) mass is 349 g/mol.